The Kier molecular flexibility index (Phi) is 3.84. The monoisotopic (exact) mass is 250 g/mol. The largest absolute Gasteiger partial charge is 0.506 e. The van der Waals surface area contributed by atoms with E-state index in [9.17, 15) is 8.78 Å². The minimum atomic E-state index is -0.850. The molecule has 0 fully saturated rings. The normalized spacial score (nSPS) is 10.6. The van der Waals surface area contributed by atoms with Crippen molar-refractivity contribution in [2.75, 3.05) is 0 Å². The van der Waals surface area contributed by atoms with Gasteiger partial charge in [-0.2, -0.15) is 0 Å². The number of nitrogens with one attached hydrogen (secondary N) is 1. The third-order valence-corrected chi connectivity index (χ3v) is 2.43. The molecule has 0 saturated carbocycles. The van der Waals surface area contributed by atoms with Crippen molar-refractivity contribution < 1.29 is 13.9 Å². The molecule has 5 heteroatoms. The van der Waals surface area contributed by atoms with Crippen molar-refractivity contribution in [2.24, 2.45) is 0 Å². The summed E-state index contributed by atoms with van der Waals surface area (Å²) < 4.78 is 25.6. The number of pyridine rings is 1. The zero-order valence-electron chi connectivity index (χ0n) is 9.53. The van der Waals surface area contributed by atoms with Gasteiger partial charge in [0.1, 0.15) is 5.75 Å². The lowest BCUT2D eigenvalue weighted by Crippen LogP contribution is -2.13. The van der Waals surface area contributed by atoms with Crippen LogP contribution >= 0.6 is 0 Å². The van der Waals surface area contributed by atoms with Gasteiger partial charge in [0.15, 0.2) is 11.6 Å². The predicted octanol–water partition coefficient (Wildman–Crippen LogP) is 2.36. The zero-order chi connectivity index (χ0) is 13.0. The lowest BCUT2D eigenvalue weighted by Gasteiger charge is -2.05. The molecule has 94 valence electrons. The van der Waals surface area contributed by atoms with E-state index in [1.165, 1.54) is 12.3 Å². The predicted molar refractivity (Wildman–Crippen MR) is 62.8 cm³/mol. The molecule has 0 atom stereocenters. The highest BCUT2D eigenvalue weighted by molar-refractivity contribution is 5.19. The highest BCUT2D eigenvalue weighted by atomic mass is 19.2. The van der Waals surface area contributed by atoms with E-state index >= 15 is 0 Å². The van der Waals surface area contributed by atoms with Crippen molar-refractivity contribution in [3.05, 3.63) is 59.4 Å². The van der Waals surface area contributed by atoms with Crippen molar-refractivity contribution in [3.63, 3.8) is 0 Å². The van der Waals surface area contributed by atoms with Crippen molar-refractivity contribution in [1.29, 1.82) is 0 Å². The molecular formula is C13H12F2N2O. The fraction of sp³-hybridized carbons (Fsp3) is 0.154. The van der Waals surface area contributed by atoms with Gasteiger partial charge in [-0.15, -0.1) is 0 Å². The van der Waals surface area contributed by atoms with E-state index in [4.69, 9.17) is 5.11 Å². The first-order chi connectivity index (χ1) is 8.65. The van der Waals surface area contributed by atoms with Crippen molar-refractivity contribution >= 4 is 0 Å². The number of hydrogen-bond acceptors (Lipinski definition) is 3. The summed E-state index contributed by atoms with van der Waals surface area (Å²) in [7, 11) is 0. The maximum atomic E-state index is 12.9. The molecule has 0 aliphatic carbocycles. The molecule has 1 heterocycles. The molecule has 1 aromatic heterocycles. The molecule has 18 heavy (non-hydrogen) atoms. The first-order valence-corrected chi connectivity index (χ1v) is 5.43. The summed E-state index contributed by atoms with van der Waals surface area (Å²) in [5.41, 5.74) is 1.42. The molecule has 0 saturated heterocycles. The Morgan fingerprint density at radius 2 is 1.89 bits per heavy atom. The van der Waals surface area contributed by atoms with Crippen molar-refractivity contribution in [2.45, 2.75) is 13.1 Å². The summed E-state index contributed by atoms with van der Waals surface area (Å²) in [5.74, 6) is -1.59. The molecule has 0 amide bonds. The summed E-state index contributed by atoms with van der Waals surface area (Å²) in [6, 6.07) is 7.02. The first-order valence-electron chi connectivity index (χ1n) is 5.43. The van der Waals surface area contributed by atoms with E-state index in [0.29, 0.717) is 18.7 Å². The van der Waals surface area contributed by atoms with E-state index in [1.54, 1.807) is 12.1 Å². The van der Waals surface area contributed by atoms with Crippen LogP contribution in [0.2, 0.25) is 0 Å². The molecule has 1 aromatic carbocycles. The Bertz CT molecular complexity index is 529. The average Bonchev–Trinajstić information content (AvgIpc) is 2.36. The number of nitrogens with zero attached hydrogens (tertiary/aromatic N) is 1. The zero-order valence-corrected chi connectivity index (χ0v) is 9.53. The van der Waals surface area contributed by atoms with Crippen molar-refractivity contribution in [1.82, 2.24) is 10.3 Å². The van der Waals surface area contributed by atoms with Gasteiger partial charge in [0, 0.05) is 13.1 Å². The summed E-state index contributed by atoms with van der Waals surface area (Å²) in [6.07, 6.45) is 1.36. The van der Waals surface area contributed by atoms with E-state index in [0.717, 1.165) is 17.8 Å². The van der Waals surface area contributed by atoms with E-state index in [-0.39, 0.29) is 5.75 Å². The molecule has 2 aromatic rings. The summed E-state index contributed by atoms with van der Waals surface area (Å²) in [6.45, 7) is 0.902. The van der Waals surface area contributed by atoms with Gasteiger partial charge in [-0.3, -0.25) is 4.98 Å². The van der Waals surface area contributed by atoms with Crippen LogP contribution in [0.3, 0.4) is 0 Å². The van der Waals surface area contributed by atoms with Gasteiger partial charge >= 0.3 is 0 Å². The molecule has 0 unspecified atom stereocenters. The quantitative estimate of drug-likeness (QED) is 0.875. The van der Waals surface area contributed by atoms with Gasteiger partial charge < -0.3 is 10.4 Å². The Balaban J connectivity index is 1.88. The first kappa shape index (κ1) is 12.4. The average molecular weight is 250 g/mol. The van der Waals surface area contributed by atoms with E-state index in [1.807, 2.05) is 0 Å². The van der Waals surface area contributed by atoms with Crippen LogP contribution in [0, 0.1) is 11.6 Å². The molecule has 0 aliphatic heterocycles. The van der Waals surface area contributed by atoms with Crippen LogP contribution in [-0.4, -0.2) is 10.1 Å². The third-order valence-electron chi connectivity index (χ3n) is 2.43. The van der Waals surface area contributed by atoms with Crippen molar-refractivity contribution in [3.8, 4) is 5.75 Å². The van der Waals surface area contributed by atoms with Crippen LogP contribution in [0.4, 0.5) is 8.78 Å². The number of aromatic nitrogens is 1. The minimum Gasteiger partial charge on any atom is -0.506 e. The fourth-order valence-corrected chi connectivity index (χ4v) is 1.51. The van der Waals surface area contributed by atoms with Gasteiger partial charge in [0.25, 0.3) is 0 Å². The minimum absolute atomic E-state index is 0.111. The lowest BCUT2D eigenvalue weighted by molar-refractivity contribution is 0.471. The Labute approximate surface area is 103 Å². The SMILES string of the molecule is Oc1ccc(CNCc2ccc(F)c(F)c2)nc1. The van der Waals surface area contributed by atoms with Gasteiger partial charge in [-0.1, -0.05) is 6.07 Å². The molecule has 2 N–H and O–H groups in total. The number of aromatic hydroxyl groups is 1. The molecule has 0 bridgehead atoms. The Morgan fingerprint density at radius 3 is 2.56 bits per heavy atom. The lowest BCUT2D eigenvalue weighted by atomic mass is 10.2. The summed E-state index contributed by atoms with van der Waals surface area (Å²) >= 11 is 0. The Hall–Kier alpha value is -2.01. The van der Waals surface area contributed by atoms with Gasteiger partial charge in [-0.25, -0.2) is 8.78 Å². The number of hydrogen-bond donors (Lipinski definition) is 2. The second-order valence-electron chi connectivity index (χ2n) is 3.86. The van der Waals surface area contributed by atoms with Crippen LogP contribution in [0.25, 0.3) is 0 Å². The maximum Gasteiger partial charge on any atom is 0.159 e. The van der Waals surface area contributed by atoms with Gasteiger partial charge in [0.2, 0.25) is 0 Å². The maximum absolute atomic E-state index is 12.9. The third kappa shape index (κ3) is 3.24. The van der Waals surface area contributed by atoms with Crippen LogP contribution in [0.15, 0.2) is 36.5 Å². The van der Waals surface area contributed by atoms with Crippen LogP contribution in [0.5, 0.6) is 5.75 Å². The highest BCUT2D eigenvalue weighted by Gasteiger charge is 2.02. The Morgan fingerprint density at radius 1 is 1.06 bits per heavy atom. The number of rotatable bonds is 4. The molecule has 3 nitrogen and oxygen atoms in total. The van der Waals surface area contributed by atoms with Crippen LogP contribution < -0.4 is 5.32 Å². The molecule has 0 aliphatic rings. The van der Waals surface area contributed by atoms with E-state index < -0.39 is 11.6 Å². The second kappa shape index (κ2) is 5.55. The smallest absolute Gasteiger partial charge is 0.159 e. The molecule has 0 spiro atoms. The second-order valence-corrected chi connectivity index (χ2v) is 3.86. The standard InChI is InChI=1S/C13H12F2N2O/c14-12-4-1-9(5-13(12)15)6-16-7-10-2-3-11(18)8-17-10/h1-5,8,16,18H,6-7H2. The number of benzene rings is 1. The molecule has 2 rings (SSSR count). The summed E-state index contributed by atoms with van der Waals surface area (Å²) in [4.78, 5) is 3.99. The fourth-order valence-electron chi connectivity index (χ4n) is 1.51. The van der Waals surface area contributed by atoms with E-state index in [2.05, 4.69) is 10.3 Å². The molecule has 0 radical (unpaired) electrons. The van der Waals surface area contributed by atoms with Crippen LogP contribution in [0.1, 0.15) is 11.3 Å². The topological polar surface area (TPSA) is 45.1 Å². The van der Waals surface area contributed by atoms with Gasteiger partial charge in [0.05, 0.1) is 11.9 Å². The van der Waals surface area contributed by atoms with Crippen LogP contribution in [-0.2, 0) is 13.1 Å². The summed E-state index contributed by atoms with van der Waals surface area (Å²) in [5, 5.41) is 12.1. The molecular weight excluding hydrogens is 238 g/mol. The highest BCUT2D eigenvalue weighted by Crippen LogP contribution is 2.09. The van der Waals surface area contributed by atoms with Gasteiger partial charge in [-0.05, 0) is 29.8 Å². The number of halogens is 2.